The number of fused-ring (bicyclic) bond motifs is 1. The van der Waals surface area contributed by atoms with Crippen LogP contribution >= 0.6 is 23.1 Å². The zero-order valence-corrected chi connectivity index (χ0v) is 11.1. The van der Waals surface area contributed by atoms with E-state index in [2.05, 4.69) is 19.6 Å². The quantitative estimate of drug-likeness (QED) is 0.707. The van der Waals surface area contributed by atoms with Gasteiger partial charge in [0.15, 0.2) is 5.82 Å². The minimum Gasteiger partial charge on any atom is -0.397 e. The Labute approximate surface area is 112 Å². The highest BCUT2D eigenvalue weighted by Crippen LogP contribution is 2.30. The van der Waals surface area contributed by atoms with Crippen molar-refractivity contribution in [2.75, 3.05) is 5.73 Å². The average Bonchev–Trinajstić information content (AvgIpc) is 2.92. The zero-order valence-electron chi connectivity index (χ0n) is 9.57. The molecule has 2 aromatic heterocycles. The molecule has 18 heavy (non-hydrogen) atoms. The molecule has 0 saturated heterocycles. The topological polar surface area (TPSA) is 80.5 Å². The summed E-state index contributed by atoms with van der Waals surface area (Å²) in [6.07, 6.45) is 0.819. The van der Waals surface area contributed by atoms with E-state index in [-0.39, 0.29) is 0 Å². The van der Waals surface area contributed by atoms with Crippen molar-refractivity contribution in [1.82, 2.24) is 19.6 Å². The third kappa shape index (κ3) is 1.74. The SMILES string of the molecule is CCc1nnsc1-c1nc2c(N)cc(Cl)cc2[nH]1. The van der Waals surface area contributed by atoms with Gasteiger partial charge in [-0.15, -0.1) is 5.10 Å². The van der Waals surface area contributed by atoms with Crippen LogP contribution in [0, 0.1) is 0 Å². The van der Waals surface area contributed by atoms with E-state index in [1.165, 1.54) is 11.5 Å². The Morgan fingerprint density at radius 2 is 2.28 bits per heavy atom. The molecule has 0 atom stereocenters. The van der Waals surface area contributed by atoms with E-state index in [9.17, 15) is 0 Å². The summed E-state index contributed by atoms with van der Waals surface area (Å²) in [5.74, 6) is 0.741. The van der Waals surface area contributed by atoms with Crippen LogP contribution in [0.1, 0.15) is 12.6 Å². The fraction of sp³-hybridized carbons (Fsp3) is 0.182. The number of anilines is 1. The van der Waals surface area contributed by atoms with Crippen molar-refractivity contribution in [3.63, 3.8) is 0 Å². The molecule has 0 aliphatic heterocycles. The van der Waals surface area contributed by atoms with E-state index in [1.54, 1.807) is 6.07 Å². The second-order valence-corrected chi connectivity index (χ2v) is 5.07. The number of nitrogens with one attached hydrogen (secondary N) is 1. The minimum atomic E-state index is 0.565. The van der Waals surface area contributed by atoms with Crippen LogP contribution in [-0.2, 0) is 6.42 Å². The minimum absolute atomic E-state index is 0.565. The normalized spacial score (nSPS) is 11.2. The molecule has 0 unspecified atom stereocenters. The lowest BCUT2D eigenvalue weighted by Gasteiger charge is -1.94. The number of nitrogens with two attached hydrogens (primary N) is 1. The third-order valence-corrected chi connectivity index (χ3v) is 3.68. The van der Waals surface area contributed by atoms with Crippen LogP contribution in [0.3, 0.4) is 0 Å². The number of nitrogens with zero attached hydrogens (tertiary/aromatic N) is 3. The van der Waals surface area contributed by atoms with Crippen molar-refractivity contribution in [3.8, 4) is 10.7 Å². The van der Waals surface area contributed by atoms with Gasteiger partial charge in [-0.25, -0.2) is 4.98 Å². The van der Waals surface area contributed by atoms with Crippen LogP contribution in [-0.4, -0.2) is 19.6 Å². The molecule has 0 spiro atoms. The van der Waals surface area contributed by atoms with Gasteiger partial charge in [0.1, 0.15) is 10.4 Å². The van der Waals surface area contributed by atoms with Crippen LogP contribution in [0.4, 0.5) is 5.69 Å². The summed E-state index contributed by atoms with van der Waals surface area (Å²) in [4.78, 5) is 8.65. The number of aromatic nitrogens is 4. The maximum absolute atomic E-state index is 5.97. The molecule has 0 amide bonds. The number of rotatable bonds is 2. The third-order valence-electron chi connectivity index (χ3n) is 2.69. The molecule has 0 bridgehead atoms. The van der Waals surface area contributed by atoms with Crippen molar-refractivity contribution < 1.29 is 0 Å². The summed E-state index contributed by atoms with van der Waals surface area (Å²) in [5.41, 5.74) is 8.95. The molecule has 7 heteroatoms. The summed E-state index contributed by atoms with van der Waals surface area (Å²) in [6, 6.07) is 3.50. The molecule has 0 aliphatic rings. The van der Waals surface area contributed by atoms with E-state index < -0.39 is 0 Å². The monoisotopic (exact) mass is 279 g/mol. The second-order valence-electron chi connectivity index (χ2n) is 3.88. The van der Waals surface area contributed by atoms with Gasteiger partial charge in [0.25, 0.3) is 0 Å². The van der Waals surface area contributed by atoms with Gasteiger partial charge in [0, 0.05) is 5.02 Å². The molecule has 3 aromatic rings. The molecule has 3 rings (SSSR count). The number of hydrogen-bond acceptors (Lipinski definition) is 5. The number of halogens is 1. The zero-order chi connectivity index (χ0) is 12.7. The van der Waals surface area contributed by atoms with Gasteiger partial charge in [-0.3, -0.25) is 0 Å². The Morgan fingerprint density at radius 3 is 3.06 bits per heavy atom. The summed E-state index contributed by atoms with van der Waals surface area (Å²) in [7, 11) is 0. The highest BCUT2D eigenvalue weighted by molar-refractivity contribution is 7.09. The average molecular weight is 280 g/mol. The predicted molar refractivity (Wildman–Crippen MR) is 73.8 cm³/mol. The second kappa shape index (κ2) is 4.22. The molecule has 0 radical (unpaired) electrons. The number of aryl methyl sites for hydroxylation is 1. The summed E-state index contributed by atoms with van der Waals surface area (Å²) < 4.78 is 3.95. The van der Waals surface area contributed by atoms with E-state index in [4.69, 9.17) is 17.3 Å². The van der Waals surface area contributed by atoms with Crippen molar-refractivity contribution in [2.45, 2.75) is 13.3 Å². The first-order valence-corrected chi connectivity index (χ1v) is 6.60. The molecule has 1 aromatic carbocycles. The van der Waals surface area contributed by atoms with E-state index >= 15 is 0 Å². The van der Waals surface area contributed by atoms with Gasteiger partial charge < -0.3 is 10.7 Å². The van der Waals surface area contributed by atoms with E-state index in [0.29, 0.717) is 10.7 Å². The lowest BCUT2D eigenvalue weighted by atomic mass is 10.3. The van der Waals surface area contributed by atoms with Crippen LogP contribution in [0.15, 0.2) is 12.1 Å². The van der Waals surface area contributed by atoms with E-state index in [0.717, 1.165) is 33.8 Å². The van der Waals surface area contributed by atoms with Crippen LogP contribution in [0.5, 0.6) is 0 Å². The Bertz CT molecular complexity index is 717. The van der Waals surface area contributed by atoms with Crippen LogP contribution in [0.2, 0.25) is 5.02 Å². The number of nitrogen functional groups attached to an aromatic ring is 1. The molecule has 2 heterocycles. The van der Waals surface area contributed by atoms with Crippen LogP contribution in [0.25, 0.3) is 21.7 Å². The van der Waals surface area contributed by atoms with Crippen LogP contribution < -0.4 is 5.73 Å². The molecule has 0 fully saturated rings. The maximum Gasteiger partial charge on any atom is 0.152 e. The highest BCUT2D eigenvalue weighted by atomic mass is 35.5. The van der Waals surface area contributed by atoms with Crippen molar-refractivity contribution in [3.05, 3.63) is 22.8 Å². The first-order valence-electron chi connectivity index (χ1n) is 5.45. The molecule has 92 valence electrons. The molecule has 5 nitrogen and oxygen atoms in total. The Morgan fingerprint density at radius 1 is 1.44 bits per heavy atom. The van der Waals surface area contributed by atoms with Crippen molar-refractivity contribution in [2.24, 2.45) is 0 Å². The number of benzene rings is 1. The molecule has 0 saturated carbocycles. The smallest absolute Gasteiger partial charge is 0.152 e. The molecular weight excluding hydrogens is 270 g/mol. The van der Waals surface area contributed by atoms with Gasteiger partial charge in [-0.05, 0) is 30.1 Å². The number of H-pyrrole nitrogens is 1. The van der Waals surface area contributed by atoms with Gasteiger partial charge in [0.2, 0.25) is 0 Å². The van der Waals surface area contributed by atoms with Gasteiger partial charge in [-0.2, -0.15) is 0 Å². The lowest BCUT2D eigenvalue weighted by molar-refractivity contribution is 0.990. The Balaban J connectivity index is 2.22. The molecule has 0 aliphatic carbocycles. The Kier molecular flexibility index (Phi) is 2.68. The molecular formula is C11H10ClN5S. The first kappa shape index (κ1) is 11.4. The van der Waals surface area contributed by atoms with Gasteiger partial charge in [0.05, 0.1) is 16.9 Å². The largest absolute Gasteiger partial charge is 0.397 e. The summed E-state index contributed by atoms with van der Waals surface area (Å²) in [6.45, 7) is 2.04. The number of imidazole rings is 1. The molecule has 3 N–H and O–H groups in total. The van der Waals surface area contributed by atoms with Gasteiger partial charge in [-0.1, -0.05) is 23.0 Å². The van der Waals surface area contributed by atoms with Crippen molar-refractivity contribution in [1.29, 1.82) is 0 Å². The van der Waals surface area contributed by atoms with Crippen molar-refractivity contribution >= 4 is 39.9 Å². The predicted octanol–water partition coefficient (Wildman–Crippen LogP) is 2.88. The van der Waals surface area contributed by atoms with Gasteiger partial charge >= 0.3 is 0 Å². The fourth-order valence-electron chi connectivity index (χ4n) is 1.84. The fourth-order valence-corrected chi connectivity index (χ4v) is 2.76. The summed E-state index contributed by atoms with van der Waals surface area (Å²) in [5, 5.41) is 4.66. The summed E-state index contributed by atoms with van der Waals surface area (Å²) >= 11 is 7.29. The number of aromatic amines is 1. The lowest BCUT2D eigenvalue weighted by Crippen LogP contribution is -1.87. The first-order chi connectivity index (χ1) is 8.69. The maximum atomic E-state index is 5.97. The Hall–Kier alpha value is -1.66. The highest BCUT2D eigenvalue weighted by Gasteiger charge is 2.14. The number of hydrogen-bond donors (Lipinski definition) is 2. The van der Waals surface area contributed by atoms with E-state index in [1.807, 2.05) is 13.0 Å². The standard InChI is InChI=1S/C11H10ClN5S/c1-2-7-10(18-17-16-7)11-14-8-4-5(12)3-6(13)9(8)15-11/h3-4H,2,13H2,1H3,(H,14,15).